The van der Waals surface area contributed by atoms with Crippen molar-refractivity contribution in [3.05, 3.63) is 90.7 Å². The number of aliphatic hydroxyl groups is 1. The fourth-order valence-corrected chi connectivity index (χ4v) is 7.15. The van der Waals surface area contributed by atoms with E-state index in [4.69, 9.17) is 0 Å². The minimum absolute atomic E-state index is 0.0976. The fraction of sp³-hybridized carbons (Fsp3) is 0.375. The highest BCUT2D eigenvalue weighted by Gasteiger charge is 2.75. The Hall–Kier alpha value is -3.84. The molecule has 2 aromatic carbocycles. The van der Waals surface area contributed by atoms with Crippen molar-refractivity contribution in [2.24, 2.45) is 5.41 Å². The number of aromatic nitrogens is 1. The lowest BCUT2D eigenvalue weighted by Crippen LogP contribution is -2.73. The summed E-state index contributed by atoms with van der Waals surface area (Å²) < 4.78 is 0. The van der Waals surface area contributed by atoms with Crippen molar-refractivity contribution in [1.29, 1.82) is 0 Å². The van der Waals surface area contributed by atoms with Crippen LogP contribution in [0.3, 0.4) is 0 Å². The molecular formula is C32H36N4O3. The number of benzene rings is 2. The van der Waals surface area contributed by atoms with Crippen LogP contribution in [-0.2, 0) is 27.0 Å². The zero-order valence-electron chi connectivity index (χ0n) is 23.0. The van der Waals surface area contributed by atoms with E-state index in [2.05, 4.69) is 42.6 Å². The molecule has 0 bridgehead atoms. The summed E-state index contributed by atoms with van der Waals surface area (Å²) in [6.07, 6.45) is 4.06. The fourth-order valence-electron chi connectivity index (χ4n) is 7.15. The molecule has 3 aliphatic rings. The van der Waals surface area contributed by atoms with Gasteiger partial charge in [-0.2, -0.15) is 0 Å². The van der Waals surface area contributed by atoms with Crippen molar-refractivity contribution >= 4 is 28.4 Å². The van der Waals surface area contributed by atoms with Crippen LogP contribution < -0.4 is 10.6 Å². The maximum absolute atomic E-state index is 14.5. The number of carbonyl (C=O) groups is 2. The first kappa shape index (κ1) is 25.4. The second-order valence-corrected chi connectivity index (χ2v) is 12.3. The van der Waals surface area contributed by atoms with Crippen LogP contribution in [0, 0.1) is 5.41 Å². The van der Waals surface area contributed by atoms with E-state index in [1.54, 1.807) is 11.0 Å². The van der Waals surface area contributed by atoms with E-state index in [1.165, 1.54) is 0 Å². The van der Waals surface area contributed by atoms with Gasteiger partial charge >= 0.3 is 0 Å². The van der Waals surface area contributed by atoms with Gasteiger partial charge in [-0.3, -0.25) is 9.59 Å². The third kappa shape index (κ3) is 3.13. The number of rotatable bonds is 6. The highest BCUT2D eigenvalue weighted by molar-refractivity contribution is 6.00. The topological polar surface area (TPSA) is 97.5 Å². The molecule has 3 aromatic rings. The van der Waals surface area contributed by atoms with Gasteiger partial charge in [-0.1, -0.05) is 76.2 Å². The maximum atomic E-state index is 14.5. The van der Waals surface area contributed by atoms with Crippen LogP contribution in [0.5, 0.6) is 0 Å². The summed E-state index contributed by atoms with van der Waals surface area (Å²) in [4.78, 5) is 33.4. The molecule has 7 heteroatoms. The van der Waals surface area contributed by atoms with Crippen molar-refractivity contribution in [1.82, 2.24) is 15.2 Å². The number of hydrogen-bond donors (Lipinski definition) is 4. The maximum Gasteiger partial charge on any atom is 0.248 e. The number of carbonyl (C=O) groups excluding carboxylic acids is 2. The number of aromatic amines is 1. The first-order valence-electron chi connectivity index (χ1n) is 13.5. The van der Waals surface area contributed by atoms with Gasteiger partial charge in [-0.25, -0.2) is 0 Å². The molecule has 1 aromatic heterocycles. The zero-order chi connectivity index (χ0) is 28.0. The average Bonchev–Trinajstić information content (AvgIpc) is 3.51. The summed E-state index contributed by atoms with van der Waals surface area (Å²) in [5, 5.41) is 20.0. The molecule has 0 saturated carbocycles. The highest BCUT2D eigenvalue weighted by Crippen LogP contribution is 2.62. The van der Waals surface area contributed by atoms with Gasteiger partial charge in [-0.05, 0) is 17.7 Å². The largest absolute Gasteiger partial charge is 0.380 e. The Labute approximate surface area is 229 Å². The highest BCUT2D eigenvalue weighted by atomic mass is 16.3. The summed E-state index contributed by atoms with van der Waals surface area (Å²) in [7, 11) is 0. The smallest absolute Gasteiger partial charge is 0.248 e. The Bertz CT molecular complexity index is 1550. The second kappa shape index (κ2) is 8.09. The number of hydrogen-bond acceptors (Lipinski definition) is 4. The molecule has 0 spiro atoms. The molecule has 4 atom stereocenters. The quantitative estimate of drug-likeness (QED) is 0.357. The number of allylic oxidation sites excluding steroid dienone is 1. The molecule has 0 radical (unpaired) electrons. The summed E-state index contributed by atoms with van der Waals surface area (Å²) in [5.74, 6) is -0.483. The summed E-state index contributed by atoms with van der Waals surface area (Å²) >= 11 is 0. The molecule has 2 saturated heterocycles. The molecular weight excluding hydrogens is 488 g/mol. The Morgan fingerprint density at radius 2 is 1.74 bits per heavy atom. The SMILES string of the molecule is C=CC(C)(C)c1[nH]c2ccccc2c1C[C@H]1NC(=O)[C@H]2C[C@]3(O)c4ccccc4N[C@@]3(C(C)(C)C=C)N2C1=O. The van der Waals surface area contributed by atoms with Gasteiger partial charge in [0.1, 0.15) is 17.7 Å². The van der Waals surface area contributed by atoms with Gasteiger partial charge in [0, 0.05) is 51.5 Å². The zero-order valence-corrected chi connectivity index (χ0v) is 23.0. The Balaban J connectivity index is 1.48. The molecule has 4 heterocycles. The minimum Gasteiger partial charge on any atom is -0.380 e. The molecule has 3 aliphatic heterocycles. The monoisotopic (exact) mass is 524 g/mol. The first-order valence-corrected chi connectivity index (χ1v) is 13.5. The van der Waals surface area contributed by atoms with E-state index in [9.17, 15) is 14.7 Å². The van der Waals surface area contributed by atoms with Crippen molar-refractivity contribution < 1.29 is 14.7 Å². The first-order chi connectivity index (χ1) is 18.4. The molecule has 0 aliphatic carbocycles. The van der Waals surface area contributed by atoms with E-state index >= 15 is 0 Å². The minimum atomic E-state index is -1.48. The van der Waals surface area contributed by atoms with Gasteiger partial charge in [0.2, 0.25) is 11.8 Å². The lowest BCUT2D eigenvalue weighted by Gasteiger charge is -2.53. The molecule has 2 fully saturated rings. The van der Waals surface area contributed by atoms with E-state index in [0.29, 0.717) is 12.0 Å². The van der Waals surface area contributed by atoms with E-state index in [1.807, 2.05) is 68.5 Å². The van der Waals surface area contributed by atoms with Crippen molar-refractivity contribution in [3.63, 3.8) is 0 Å². The molecule has 6 rings (SSSR count). The van der Waals surface area contributed by atoms with E-state index < -0.39 is 28.8 Å². The summed E-state index contributed by atoms with van der Waals surface area (Å²) in [6.45, 7) is 16.2. The van der Waals surface area contributed by atoms with Gasteiger partial charge in [0.25, 0.3) is 0 Å². The molecule has 2 amide bonds. The molecule has 202 valence electrons. The van der Waals surface area contributed by atoms with Gasteiger partial charge in [-0.15, -0.1) is 13.2 Å². The number of nitrogens with zero attached hydrogens (tertiary/aromatic N) is 1. The predicted octanol–water partition coefficient (Wildman–Crippen LogP) is 4.50. The molecule has 39 heavy (non-hydrogen) atoms. The van der Waals surface area contributed by atoms with E-state index in [0.717, 1.165) is 27.8 Å². The number of nitrogens with one attached hydrogen (secondary N) is 3. The van der Waals surface area contributed by atoms with Crippen molar-refractivity contribution in [3.8, 4) is 0 Å². The average molecular weight is 525 g/mol. The third-order valence-corrected chi connectivity index (χ3v) is 9.42. The number of H-pyrrole nitrogens is 1. The van der Waals surface area contributed by atoms with Crippen LogP contribution in [0.4, 0.5) is 5.69 Å². The lowest BCUT2D eigenvalue weighted by atomic mass is 9.68. The number of para-hydroxylation sites is 2. The van der Waals surface area contributed by atoms with Crippen LogP contribution in [0.1, 0.15) is 50.9 Å². The molecule has 0 unspecified atom stereocenters. The molecule has 4 N–H and O–H groups in total. The normalized spacial score (nSPS) is 28.0. The number of anilines is 1. The number of fused-ring (bicyclic) bond motifs is 6. The molecule has 7 nitrogen and oxygen atoms in total. The van der Waals surface area contributed by atoms with Crippen molar-refractivity contribution in [2.75, 3.05) is 5.32 Å². The van der Waals surface area contributed by atoms with Crippen LogP contribution in [0.25, 0.3) is 10.9 Å². The Kier molecular flexibility index (Phi) is 5.27. The Morgan fingerprint density at radius 3 is 2.46 bits per heavy atom. The van der Waals surface area contributed by atoms with Gasteiger partial charge in [0.05, 0.1) is 0 Å². The lowest BCUT2D eigenvalue weighted by molar-refractivity contribution is -0.161. The van der Waals surface area contributed by atoms with Crippen LogP contribution in [0.2, 0.25) is 0 Å². The van der Waals surface area contributed by atoms with Crippen LogP contribution >= 0.6 is 0 Å². The number of amides is 2. The van der Waals surface area contributed by atoms with Crippen LogP contribution in [-0.4, -0.2) is 44.6 Å². The number of piperazine rings is 1. The third-order valence-electron chi connectivity index (χ3n) is 9.42. The van der Waals surface area contributed by atoms with Gasteiger partial charge < -0.3 is 25.6 Å². The second-order valence-electron chi connectivity index (χ2n) is 12.3. The van der Waals surface area contributed by atoms with E-state index in [-0.39, 0.29) is 23.7 Å². The van der Waals surface area contributed by atoms with Gasteiger partial charge in [0.15, 0.2) is 5.66 Å². The summed E-state index contributed by atoms with van der Waals surface area (Å²) in [6, 6.07) is 13.9. The van der Waals surface area contributed by atoms with Crippen LogP contribution in [0.15, 0.2) is 73.8 Å². The summed E-state index contributed by atoms with van der Waals surface area (Å²) in [5.41, 5.74) is 0.426. The Morgan fingerprint density at radius 1 is 1.05 bits per heavy atom. The standard InChI is InChI=1S/C32H36N4O3/c1-7-29(3,4)26-20(19-13-9-11-15-22(19)33-26)17-24-28(38)36-25(27(37)34-24)18-31(39)21-14-10-12-16-23(21)35-32(31,36)30(5,6)8-2/h7-16,24-25,33,35,39H,1-2,17-18H2,3-6H3,(H,34,37)/t24-,25-,31+,32+/m1/s1. The predicted molar refractivity (Wildman–Crippen MR) is 153 cm³/mol. The van der Waals surface area contributed by atoms with Crippen molar-refractivity contribution in [2.45, 2.75) is 69.3 Å².